The van der Waals surface area contributed by atoms with E-state index in [1.807, 2.05) is 54.6 Å². The van der Waals surface area contributed by atoms with Crippen molar-refractivity contribution in [3.63, 3.8) is 0 Å². The number of carbonyl (C=O) groups excluding carboxylic acids is 1. The number of hydrogen-bond donors (Lipinski definition) is 3. The molecule has 3 N–H and O–H groups in total. The van der Waals surface area contributed by atoms with Gasteiger partial charge >= 0.3 is 0 Å². The van der Waals surface area contributed by atoms with E-state index in [2.05, 4.69) is 28.4 Å². The summed E-state index contributed by atoms with van der Waals surface area (Å²) in [6, 6.07) is 17.5. The van der Waals surface area contributed by atoms with Crippen LogP contribution in [0.15, 0.2) is 54.6 Å². The predicted molar refractivity (Wildman–Crippen MR) is 91.8 cm³/mol. The maximum atomic E-state index is 11.5. The van der Waals surface area contributed by atoms with Crippen LogP contribution in [-0.4, -0.2) is 17.6 Å². The van der Waals surface area contributed by atoms with Crippen LogP contribution in [0.25, 0.3) is 11.1 Å². The lowest BCUT2D eigenvalue weighted by Gasteiger charge is -2.14. The van der Waals surface area contributed by atoms with Gasteiger partial charge in [0, 0.05) is 0 Å². The molecule has 2 aromatic carbocycles. The van der Waals surface area contributed by atoms with Crippen LogP contribution in [0, 0.1) is 0 Å². The molecule has 0 saturated heterocycles. The van der Waals surface area contributed by atoms with E-state index in [-0.39, 0.29) is 17.6 Å². The highest BCUT2D eigenvalue weighted by Crippen LogP contribution is 2.21. The van der Waals surface area contributed by atoms with Crippen LogP contribution >= 0.6 is 12.2 Å². The van der Waals surface area contributed by atoms with E-state index in [0.717, 1.165) is 11.1 Å². The Labute approximate surface area is 139 Å². The molecule has 114 valence electrons. The second-order valence-electron chi connectivity index (χ2n) is 4.28. The molecular weight excluding hydrogens is 318 g/mol. The Balaban J connectivity index is 1.84. The highest BCUT2D eigenvalue weighted by atomic mass is 32.1. The van der Waals surface area contributed by atoms with Gasteiger partial charge in [-0.25, -0.2) is 0 Å². The summed E-state index contributed by atoms with van der Waals surface area (Å²) < 4.78 is 7.65. The van der Waals surface area contributed by atoms with Crippen LogP contribution in [0.5, 0.6) is 5.75 Å². The monoisotopic (exact) mass is 332 g/mol. The van der Waals surface area contributed by atoms with Gasteiger partial charge in [-0.15, -0.1) is 0 Å². The number of hydrazine groups is 1. The maximum absolute atomic E-state index is 11.5. The van der Waals surface area contributed by atoms with Gasteiger partial charge < -0.3 is 22.3 Å². The van der Waals surface area contributed by atoms with Gasteiger partial charge in [0.15, 0.2) is 11.7 Å². The Morgan fingerprint density at radius 2 is 1.64 bits per heavy atom. The van der Waals surface area contributed by atoms with Crippen molar-refractivity contribution in [3.05, 3.63) is 54.6 Å². The number of benzene rings is 2. The molecule has 2 rings (SSSR count). The van der Waals surface area contributed by atoms with Crippen molar-refractivity contribution in [2.24, 2.45) is 0 Å². The molecule has 0 unspecified atom stereocenters. The molecular formula is C15H14N3O2S2-. The van der Waals surface area contributed by atoms with Gasteiger partial charge in [-0.3, -0.25) is 15.6 Å². The number of ether oxygens (including phenoxy) is 1. The van der Waals surface area contributed by atoms with Crippen LogP contribution < -0.4 is 20.3 Å². The first kappa shape index (κ1) is 16.1. The van der Waals surface area contributed by atoms with Gasteiger partial charge in [0.05, 0.1) is 0 Å². The van der Waals surface area contributed by atoms with E-state index in [1.165, 1.54) is 0 Å². The van der Waals surface area contributed by atoms with Gasteiger partial charge in [-0.05, 0) is 35.5 Å². The first-order chi connectivity index (χ1) is 10.7. The third-order valence-electron chi connectivity index (χ3n) is 2.74. The zero-order valence-electron chi connectivity index (χ0n) is 11.5. The molecule has 1 amide bonds. The first-order valence-electron chi connectivity index (χ1n) is 6.44. The quantitative estimate of drug-likeness (QED) is 0.450. The molecule has 0 aliphatic carbocycles. The van der Waals surface area contributed by atoms with Crippen molar-refractivity contribution in [2.75, 3.05) is 6.61 Å². The number of amides is 1. The third-order valence-corrected chi connectivity index (χ3v) is 3.28. The van der Waals surface area contributed by atoms with Crippen LogP contribution in [0.3, 0.4) is 0 Å². The average molecular weight is 332 g/mol. The molecule has 0 saturated carbocycles. The van der Waals surface area contributed by atoms with Gasteiger partial charge in [0.1, 0.15) is 5.75 Å². The van der Waals surface area contributed by atoms with Crippen molar-refractivity contribution in [3.8, 4) is 16.9 Å². The van der Waals surface area contributed by atoms with E-state index >= 15 is 0 Å². The topological polar surface area (TPSA) is 62.4 Å². The van der Waals surface area contributed by atoms with E-state index < -0.39 is 0 Å². The van der Waals surface area contributed by atoms with Crippen molar-refractivity contribution >= 4 is 36.1 Å². The van der Waals surface area contributed by atoms with Gasteiger partial charge in [0.2, 0.25) is 0 Å². The highest BCUT2D eigenvalue weighted by molar-refractivity contribution is 7.81. The van der Waals surface area contributed by atoms with Crippen molar-refractivity contribution in [1.82, 2.24) is 15.6 Å². The van der Waals surface area contributed by atoms with Gasteiger partial charge in [0.25, 0.3) is 5.91 Å². The van der Waals surface area contributed by atoms with E-state index in [0.29, 0.717) is 5.75 Å². The minimum absolute atomic E-state index is 0.127. The predicted octanol–water partition coefficient (Wildman–Crippen LogP) is 1.69. The molecule has 22 heavy (non-hydrogen) atoms. The molecule has 5 nitrogen and oxygen atoms in total. The molecule has 0 fully saturated rings. The summed E-state index contributed by atoms with van der Waals surface area (Å²) in [6.45, 7) is -0.127. The molecule has 0 bridgehead atoms. The lowest BCUT2D eigenvalue weighted by Crippen LogP contribution is -2.46. The number of hydrogen-bond acceptors (Lipinski definition) is 4. The van der Waals surface area contributed by atoms with Gasteiger partial charge in [-0.2, -0.15) is 0 Å². The fourth-order valence-electron chi connectivity index (χ4n) is 1.71. The lowest BCUT2D eigenvalue weighted by molar-refractivity contribution is -0.123. The van der Waals surface area contributed by atoms with Crippen molar-refractivity contribution in [1.29, 1.82) is 0 Å². The second kappa shape index (κ2) is 8.26. The Kier molecular flexibility index (Phi) is 6.05. The summed E-state index contributed by atoms with van der Waals surface area (Å²) in [6.07, 6.45) is 0. The second-order valence-corrected chi connectivity index (χ2v) is 4.90. The van der Waals surface area contributed by atoms with Crippen LogP contribution in [0.1, 0.15) is 0 Å². The highest BCUT2D eigenvalue weighted by Gasteiger charge is 2.03. The molecule has 7 heteroatoms. The maximum Gasteiger partial charge on any atom is 0.276 e. The van der Waals surface area contributed by atoms with Gasteiger partial charge in [-0.1, -0.05) is 42.5 Å². The molecule has 0 radical (unpaired) electrons. The summed E-state index contributed by atoms with van der Waals surface area (Å²) in [5.41, 5.74) is 7.00. The Bertz CT molecular complexity index is 633. The van der Waals surface area contributed by atoms with Crippen molar-refractivity contribution < 1.29 is 9.53 Å². The molecule has 2 aromatic rings. The zero-order chi connectivity index (χ0) is 15.8. The fourth-order valence-corrected chi connectivity index (χ4v) is 1.81. The number of rotatable bonds is 4. The normalized spacial score (nSPS) is 9.68. The largest absolute Gasteiger partial charge is 0.668 e. The molecule has 0 aliphatic heterocycles. The van der Waals surface area contributed by atoms with Crippen LogP contribution in [0.4, 0.5) is 0 Å². The number of nitrogens with one attached hydrogen (secondary N) is 3. The Hall–Kier alpha value is -2.25. The van der Waals surface area contributed by atoms with Crippen LogP contribution in [0.2, 0.25) is 0 Å². The van der Waals surface area contributed by atoms with Crippen molar-refractivity contribution in [2.45, 2.75) is 0 Å². The standard InChI is InChI=1S/C15H14N3O2S2/c19-14(16-17-15(21)18-22)10-20-13-8-6-12(7-9-13)11-4-2-1-3-5-11/h1-9H,10H2,(H3-,16,17,18,19,21,22)/q-1. The van der Waals surface area contributed by atoms with E-state index in [4.69, 9.17) is 17.0 Å². The van der Waals surface area contributed by atoms with E-state index in [9.17, 15) is 4.79 Å². The number of thiocarbonyl (C=S) groups is 1. The Morgan fingerprint density at radius 1 is 1.00 bits per heavy atom. The van der Waals surface area contributed by atoms with E-state index in [1.54, 1.807) is 0 Å². The minimum Gasteiger partial charge on any atom is -0.668 e. The smallest absolute Gasteiger partial charge is 0.276 e. The molecule has 0 spiro atoms. The lowest BCUT2D eigenvalue weighted by atomic mass is 10.1. The first-order valence-corrected chi connectivity index (χ1v) is 7.26. The zero-order valence-corrected chi connectivity index (χ0v) is 13.2. The summed E-state index contributed by atoms with van der Waals surface area (Å²) in [5.74, 6) is 0.249. The summed E-state index contributed by atoms with van der Waals surface area (Å²) >= 11 is 9.21. The summed E-state index contributed by atoms with van der Waals surface area (Å²) in [4.78, 5) is 11.5. The molecule has 0 aliphatic rings. The third kappa shape index (κ3) is 4.94. The molecule has 0 aromatic heterocycles. The minimum atomic E-state index is -0.361. The molecule has 0 atom stereocenters. The summed E-state index contributed by atoms with van der Waals surface area (Å²) in [7, 11) is 0. The van der Waals surface area contributed by atoms with Crippen LogP contribution in [-0.2, 0) is 17.6 Å². The SMILES string of the molecule is O=C(COc1ccc(-c2ccccc2)cc1)NNC(=S)N[S-]. The average Bonchev–Trinajstić information content (AvgIpc) is 2.59. The Morgan fingerprint density at radius 3 is 2.27 bits per heavy atom. The fraction of sp³-hybridized carbons (Fsp3) is 0.0667. The summed E-state index contributed by atoms with van der Waals surface area (Å²) in [5, 5.41) is 0.149. The number of carbonyl (C=O) groups is 1. The molecule has 0 heterocycles.